The van der Waals surface area contributed by atoms with Crippen LogP contribution in [0.15, 0.2) is 65.8 Å². The van der Waals surface area contributed by atoms with Crippen LogP contribution in [-0.4, -0.2) is 59.8 Å². The molecule has 0 fully saturated rings. The third-order valence-electron chi connectivity index (χ3n) is 5.28. The molecule has 1 atom stereocenters. The van der Waals surface area contributed by atoms with E-state index in [0.717, 1.165) is 16.0 Å². The summed E-state index contributed by atoms with van der Waals surface area (Å²) >= 11 is 0. The van der Waals surface area contributed by atoms with Crippen LogP contribution in [0.5, 0.6) is 0 Å². The van der Waals surface area contributed by atoms with Gasteiger partial charge in [0.15, 0.2) is 5.96 Å². The molecule has 36 heavy (non-hydrogen) atoms. The topological polar surface area (TPSA) is 180 Å². The second-order valence-corrected chi connectivity index (χ2v) is 7.91. The zero-order chi connectivity index (χ0) is 26.3. The lowest BCUT2D eigenvalue weighted by Crippen LogP contribution is -2.50. The van der Waals surface area contributed by atoms with Crippen LogP contribution in [0, 0.1) is 5.41 Å². The molecular formula is C24H31N9O3. The molecule has 4 amide bonds. The van der Waals surface area contributed by atoms with Gasteiger partial charge in [0.25, 0.3) is 0 Å². The number of carbonyl (C=O) groups is 3. The summed E-state index contributed by atoms with van der Waals surface area (Å²) in [7, 11) is 1.42. The predicted octanol–water partition coefficient (Wildman–Crippen LogP) is 2.33. The highest BCUT2D eigenvalue weighted by atomic mass is 16.2. The lowest BCUT2D eigenvalue weighted by molar-refractivity contribution is -0.137. The summed E-state index contributed by atoms with van der Waals surface area (Å²) in [5.41, 5.74) is 15.9. The van der Waals surface area contributed by atoms with Crippen molar-refractivity contribution in [3.8, 4) is 0 Å². The molecular weight excluding hydrogens is 462 g/mol. The molecule has 0 bridgehead atoms. The van der Waals surface area contributed by atoms with Gasteiger partial charge in [-0.2, -0.15) is 0 Å². The van der Waals surface area contributed by atoms with E-state index in [9.17, 15) is 14.4 Å². The van der Waals surface area contributed by atoms with E-state index in [1.165, 1.54) is 7.05 Å². The molecule has 2 aromatic rings. The van der Waals surface area contributed by atoms with Gasteiger partial charge in [-0.05, 0) is 29.5 Å². The smallest absolute Gasteiger partial charge is 0.323 e. The van der Waals surface area contributed by atoms with Crippen LogP contribution in [0.2, 0.25) is 0 Å². The predicted molar refractivity (Wildman–Crippen MR) is 135 cm³/mol. The van der Waals surface area contributed by atoms with Crippen molar-refractivity contribution in [3.63, 3.8) is 0 Å². The maximum absolute atomic E-state index is 13.7. The maximum Gasteiger partial charge on any atom is 0.323 e. The first-order valence-electron chi connectivity index (χ1n) is 11.4. The van der Waals surface area contributed by atoms with Crippen LogP contribution in [0.4, 0.5) is 4.79 Å². The summed E-state index contributed by atoms with van der Waals surface area (Å²) in [5, 5.41) is 15.9. The molecule has 0 saturated carbocycles. The Kier molecular flexibility index (Phi) is 11.3. The summed E-state index contributed by atoms with van der Waals surface area (Å²) in [6.45, 7) is 0.252. The van der Waals surface area contributed by atoms with Gasteiger partial charge in [0, 0.05) is 31.6 Å². The molecule has 190 valence electrons. The van der Waals surface area contributed by atoms with Crippen molar-refractivity contribution in [1.29, 1.82) is 5.41 Å². The quantitative estimate of drug-likeness (QED) is 0.116. The molecule has 2 aromatic carbocycles. The van der Waals surface area contributed by atoms with Gasteiger partial charge in [-0.3, -0.25) is 19.9 Å². The van der Waals surface area contributed by atoms with Crippen LogP contribution in [-0.2, 0) is 22.7 Å². The van der Waals surface area contributed by atoms with E-state index in [0.29, 0.717) is 13.1 Å². The van der Waals surface area contributed by atoms with Crippen molar-refractivity contribution < 1.29 is 14.4 Å². The molecule has 12 heteroatoms. The number of nitrogens with one attached hydrogen (secondary N) is 3. The summed E-state index contributed by atoms with van der Waals surface area (Å²) in [6, 6.07) is 17.5. The van der Waals surface area contributed by atoms with Crippen molar-refractivity contribution >= 4 is 23.8 Å². The van der Waals surface area contributed by atoms with E-state index in [2.05, 4.69) is 20.7 Å². The van der Waals surface area contributed by atoms with E-state index in [-0.39, 0.29) is 25.3 Å². The minimum absolute atomic E-state index is 0.0718. The van der Waals surface area contributed by atoms with Gasteiger partial charge < -0.3 is 21.3 Å². The first-order valence-corrected chi connectivity index (χ1v) is 11.4. The molecule has 0 heterocycles. The number of carbonyl (C=O) groups excluding carboxylic acids is 3. The number of amides is 4. The summed E-state index contributed by atoms with van der Waals surface area (Å²) < 4.78 is 0. The van der Waals surface area contributed by atoms with Crippen molar-refractivity contribution in [2.75, 3.05) is 20.1 Å². The average Bonchev–Trinajstić information content (AvgIpc) is 2.89. The number of azide groups is 1. The van der Waals surface area contributed by atoms with Gasteiger partial charge in [-0.1, -0.05) is 65.8 Å². The molecule has 0 aromatic heterocycles. The molecule has 0 aliphatic rings. The number of nitrogens with zero attached hydrogens (tertiary/aromatic N) is 5. The molecule has 0 unspecified atom stereocenters. The summed E-state index contributed by atoms with van der Waals surface area (Å²) in [5.74, 6) is -1.36. The Morgan fingerprint density at radius 3 is 2.08 bits per heavy atom. The van der Waals surface area contributed by atoms with Gasteiger partial charge >= 0.3 is 6.03 Å². The molecule has 0 aliphatic heterocycles. The molecule has 12 nitrogen and oxygen atoms in total. The number of benzene rings is 2. The highest BCUT2D eigenvalue weighted by molar-refractivity contribution is 5.93. The average molecular weight is 494 g/mol. The largest absolute Gasteiger partial charge is 0.370 e. The molecule has 0 radical (unpaired) electrons. The van der Waals surface area contributed by atoms with E-state index < -0.39 is 30.5 Å². The number of hydrogen-bond acceptors (Lipinski definition) is 5. The standard InChI is InChI=1S/C24H31N9O3/c1-28-24(36)33(23(25)26)14-8-13-20(30-21(34)15-29-31-27)22(35)32(16-18-9-4-2-5-10-18)17-19-11-6-3-7-12-19/h2-7,9-12,20H,8,13-17H2,1H3,(H3,25,26)(H,28,36)(H,30,34)/t20-/m0/s1. The molecule has 5 N–H and O–H groups in total. The molecule has 0 spiro atoms. The number of rotatable bonds is 12. The third-order valence-corrected chi connectivity index (χ3v) is 5.28. The van der Waals surface area contributed by atoms with Gasteiger partial charge in [0.1, 0.15) is 12.6 Å². The first kappa shape index (κ1) is 27.7. The van der Waals surface area contributed by atoms with Crippen molar-refractivity contribution in [3.05, 3.63) is 82.2 Å². The van der Waals surface area contributed by atoms with Crippen LogP contribution >= 0.6 is 0 Å². The van der Waals surface area contributed by atoms with E-state index in [1.54, 1.807) is 4.90 Å². The van der Waals surface area contributed by atoms with Crippen LogP contribution in [0.1, 0.15) is 24.0 Å². The monoisotopic (exact) mass is 493 g/mol. The van der Waals surface area contributed by atoms with E-state index in [1.807, 2.05) is 60.7 Å². The van der Waals surface area contributed by atoms with Crippen LogP contribution in [0.25, 0.3) is 10.4 Å². The Balaban J connectivity index is 2.25. The molecule has 0 aliphatic carbocycles. The second-order valence-electron chi connectivity index (χ2n) is 7.91. The molecule has 0 saturated heterocycles. The summed E-state index contributed by atoms with van der Waals surface area (Å²) in [6.07, 6.45) is 0.442. The van der Waals surface area contributed by atoms with Crippen LogP contribution < -0.4 is 16.4 Å². The van der Waals surface area contributed by atoms with E-state index >= 15 is 0 Å². The van der Waals surface area contributed by atoms with Gasteiger partial charge in [0.2, 0.25) is 11.8 Å². The van der Waals surface area contributed by atoms with Crippen molar-refractivity contribution in [2.45, 2.75) is 32.0 Å². The first-order chi connectivity index (χ1) is 17.3. The zero-order valence-corrected chi connectivity index (χ0v) is 20.1. The Hall–Kier alpha value is -4.57. The second kappa shape index (κ2) is 14.6. The normalized spacial score (nSPS) is 10.9. The maximum atomic E-state index is 13.7. The fourth-order valence-corrected chi connectivity index (χ4v) is 3.55. The van der Waals surface area contributed by atoms with Crippen LogP contribution in [0.3, 0.4) is 0 Å². The SMILES string of the molecule is CNC(=O)N(CCC[C@H](NC(=O)CN=[N+]=[N-])C(=O)N(Cc1ccccc1)Cc1ccccc1)C(=N)N. The number of nitrogens with two attached hydrogens (primary N) is 1. The highest BCUT2D eigenvalue weighted by Gasteiger charge is 2.27. The fraction of sp³-hybridized carbons (Fsp3) is 0.333. The molecule has 2 rings (SSSR count). The fourth-order valence-electron chi connectivity index (χ4n) is 3.55. The third kappa shape index (κ3) is 8.99. The van der Waals surface area contributed by atoms with Crippen molar-refractivity contribution in [1.82, 2.24) is 20.4 Å². The minimum Gasteiger partial charge on any atom is -0.370 e. The Bertz CT molecular complexity index is 1030. The number of guanidine groups is 1. The Morgan fingerprint density at radius 1 is 1.06 bits per heavy atom. The Morgan fingerprint density at radius 2 is 1.61 bits per heavy atom. The number of hydrogen-bond donors (Lipinski definition) is 4. The highest BCUT2D eigenvalue weighted by Crippen LogP contribution is 2.14. The lowest BCUT2D eigenvalue weighted by atomic mass is 10.1. The minimum atomic E-state index is -0.947. The van der Waals surface area contributed by atoms with E-state index in [4.69, 9.17) is 16.7 Å². The number of urea groups is 1. The van der Waals surface area contributed by atoms with Gasteiger partial charge in [-0.25, -0.2) is 4.79 Å². The Labute approximate surface area is 209 Å². The summed E-state index contributed by atoms with van der Waals surface area (Å²) in [4.78, 5) is 43.3. The zero-order valence-electron chi connectivity index (χ0n) is 20.1. The van der Waals surface area contributed by atoms with Gasteiger partial charge in [-0.15, -0.1) is 0 Å². The van der Waals surface area contributed by atoms with Crippen molar-refractivity contribution in [2.24, 2.45) is 10.8 Å². The lowest BCUT2D eigenvalue weighted by Gasteiger charge is -2.29. The van der Waals surface area contributed by atoms with Gasteiger partial charge in [0.05, 0.1) is 0 Å².